The van der Waals surface area contributed by atoms with E-state index in [9.17, 15) is 19.2 Å². The minimum Gasteiger partial charge on any atom is -0.452 e. The summed E-state index contributed by atoms with van der Waals surface area (Å²) >= 11 is 0. The second-order valence-electron chi connectivity index (χ2n) is 5.47. The number of nitrogens with zero attached hydrogens (tertiary/aromatic N) is 1. The molecule has 2 rings (SSSR count). The Bertz CT molecular complexity index is 794. The molecule has 0 radical (unpaired) electrons. The Morgan fingerprint density at radius 3 is 1.76 bits per heavy atom. The van der Waals surface area contributed by atoms with Gasteiger partial charge < -0.3 is 9.64 Å². The van der Waals surface area contributed by atoms with Gasteiger partial charge in [0.25, 0.3) is 5.91 Å². The number of ketones is 2. The second kappa shape index (κ2) is 8.01. The molecule has 0 saturated heterocycles. The third-order valence-electron chi connectivity index (χ3n) is 3.45. The van der Waals surface area contributed by atoms with Gasteiger partial charge in [-0.05, 0) is 12.1 Å². The molecule has 0 aliphatic carbocycles. The van der Waals surface area contributed by atoms with Gasteiger partial charge in [-0.25, -0.2) is 4.79 Å². The highest BCUT2D eigenvalue weighted by Crippen LogP contribution is 2.10. The fraction of sp³-hybridized carbons (Fsp3) is 0.158. The van der Waals surface area contributed by atoms with Crippen LogP contribution in [0.15, 0.2) is 54.6 Å². The van der Waals surface area contributed by atoms with Crippen LogP contribution in [0.3, 0.4) is 0 Å². The number of likely N-dealkylation sites (N-methyl/N-ethyl adjacent to an activating group) is 1. The van der Waals surface area contributed by atoms with Crippen LogP contribution < -0.4 is 0 Å². The van der Waals surface area contributed by atoms with Crippen LogP contribution in [0.4, 0.5) is 0 Å². The molecule has 0 unspecified atom stereocenters. The lowest BCUT2D eigenvalue weighted by molar-refractivity contribution is -0.131. The van der Waals surface area contributed by atoms with Gasteiger partial charge in [-0.1, -0.05) is 42.5 Å². The van der Waals surface area contributed by atoms with Crippen molar-refractivity contribution >= 4 is 23.4 Å². The summed E-state index contributed by atoms with van der Waals surface area (Å²) in [7, 11) is 3.11. The van der Waals surface area contributed by atoms with E-state index in [0.717, 1.165) is 0 Å². The van der Waals surface area contributed by atoms with E-state index >= 15 is 0 Å². The van der Waals surface area contributed by atoms with Crippen LogP contribution in [0.25, 0.3) is 0 Å². The van der Waals surface area contributed by atoms with Crippen molar-refractivity contribution < 1.29 is 23.9 Å². The molecular formula is C19H17NO5. The topological polar surface area (TPSA) is 80.8 Å². The zero-order chi connectivity index (χ0) is 18.4. The summed E-state index contributed by atoms with van der Waals surface area (Å²) in [6.07, 6.45) is 0. The predicted octanol–water partition coefficient (Wildman–Crippen LogP) is 2.00. The number of Topliss-reactive ketones (excluding diaryl/α,β-unsaturated/α-hetero) is 2. The average Bonchev–Trinajstić information content (AvgIpc) is 2.65. The smallest absolute Gasteiger partial charge is 0.338 e. The van der Waals surface area contributed by atoms with E-state index in [4.69, 9.17) is 4.74 Å². The normalized spacial score (nSPS) is 10.0. The van der Waals surface area contributed by atoms with Gasteiger partial charge in [0.2, 0.25) is 11.6 Å². The highest BCUT2D eigenvalue weighted by molar-refractivity contribution is 6.49. The summed E-state index contributed by atoms with van der Waals surface area (Å²) in [5, 5.41) is 0. The van der Waals surface area contributed by atoms with Crippen molar-refractivity contribution in [2.45, 2.75) is 0 Å². The van der Waals surface area contributed by atoms with Crippen molar-refractivity contribution in [3.8, 4) is 0 Å². The van der Waals surface area contributed by atoms with Gasteiger partial charge in [-0.15, -0.1) is 0 Å². The number of ether oxygens (including phenoxy) is 1. The maximum absolute atomic E-state index is 12.2. The number of esters is 1. The second-order valence-corrected chi connectivity index (χ2v) is 5.47. The molecular weight excluding hydrogens is 322 g/mol. The molecule has 0 N–H and O–H groups in total. The maximum Gasteiger partial charge on any atom is 0.338 e. The molecule has 0 aliphatic heterocycles. The van der Waals surface area contributed by atoms with Crippen LogP contribution >= 0.6 is 0 Å². The number of hydrogen-bond donors (Lipinski definition) is 0. The largest absolute Gasteiger partial charge is 0.452 e. The Morgan fingerprint density at radius 1 is 0.760 bits per heavy atom. The van der Waals surface area contributed by atoms with Gasteiger partial charge in [-0.2, -0.15) is 0 Å². The van der Waals surface area contributed by atoms with Gasteiger partial charge in [0, 0.05) is 25.2 Å². The molecule has 6 heteroatoms. The van der Waals surface area contributed by atoms with Crippen LogP contribution in [0, 0.1) is 0 Å². The van der Waals surface area contributed by atoms with Crippen LogP contribution in [-0.4, -0.2) is 49.0 Å². The summed E-state index contributed by atoms with van der Waals surface area (Å²) in [6, 6.07) is 13.8. The fourth-order valence-corrected chi connectivity index (χ4v) is 1.95. The number of carbonyl (C=O) groups excluding carboxylic acids is 4. The first-order valence-electron chi connectivity index (χ1n) is 7.51. The van der Waals surface area contributed by atoms with Crippen molar-refractivity contribution in [2.75, 3.05) is 20.7 Å². The minimum absolute atomic E-state index is 0.176. The lowest BCUT2D eigenvalue weighted by Gasteiger charge is -2.10. The fourth-order valence-electron chi connectivity index (χ4n) is 1.95. The van der Waals surface area contributed by atoms with E-state index in [1.807, 2.05) is 0 Å². The van der Waals surface area contributed by atoms with Gasteiger partial charge in [0.1, 0.15) is 0 Å². The first-order valence-corrected chi connectivity index (χ1v) is 7.51. The molecule has 1 amide bonds. The lowest BCUT2D eigenvalue weighted by Crippen LogP contribution is -2.27. The number of carbonyl (C=O) groups is 4. The van der Waals surface area contributed by atoms with E-state index in [-0.39, 0.29) is 23.6 Å². The first-order chi connectivity index (χ1) is 11.9. The van der Waals surface area contributed by atoms with Crippen LogP contribution in [-0.2, 0) is 9.53 Å². The number of amides is 1. The summed E-state index contributed by atoms with van der Waals surface area (Å²) in [5.41, 5.74) is 0.670. The minimum atomic E-state index is -0.677. The van der Waals surface area contributed by atoms with E-state index < -0.39 is 17.5 Å². The van der Waals surface area contributed by atoms with Gasteiger partial charge >= 0.3 is 5.97 Å². The summed E-state index contributed by atoms with van der Waals surface area (Å²) in [4.78, 5) is 48.9. The molecule has 0 aromatic heterocycles. The number of benzene rings is 2. The van der Waals surface area contributed by atoms with Crippen molar-refractivity contribution in [1.82, 2.24) is 4.90 Å². The predicted molar refractivity (Wildman–Crippen MR) is 90.5 cm³/mol. The molecule has 6 nitrogen and oxygen atoms in total. The molecule has 0 aliphatic rings. The van der Waals surface area contributed by atoms with Crippen molar-refractivity contribution in [3.05, 3.63) is 71.3 Å². The van der Waals surface area contributed by atoms with Gasteiger partial charge in [-0.3, -0.25) is 14.4 Å². The summed E-state index contributed by atoms with van der Waals surface area (Å²) < 4.78 is 4.89. The monoisotopic (exact) mass is 339 g/mol. The van der Waals surface area contributed by atoms with Crippen LogP contribution in [0.2, 0.25) is 0 Å². The van der Waals surface area contributed by atoms with Gasteiger partial charge in [0.05, 0.1) is 5.56 Å². The van der Waals surface area contributed by atoms with E-state index in [1.165, 1.54) is 29.2 Å². The quantitative estimate of drug-likeness (QED) is 0.457. The zero-order valence-corrected chi connectivity index (χ0v) is 13.9. The molecule has 0 atom stereocenters. The van der Waals surface area contributed by atoms with Crippen LogP contribution in [0.1, 0.15) is 31.1 Å². The summed E-state index contributed by atoms with van der Waals surface area (Å²) in [5.74, 6) is -2.29. The van der Waals surface area contributed by atoms with Crippen molar-refractivity contribution in [1.29, 1.82) is 0 Å². The van der Waals surface area contributed by atoms with Gasteiger partial charge in [0.15, 0.2) is 6.61 Å². The Labute approximate surface area is 145 Å². The third kappa shape index (κ3) is 4.60. The van der Waals surface area contributed by atoms with E-state index in [1.54, 1.807) is 44.4 Å². The third-order valence-corrected chi connectivity index (χ3v) is 3.45. The molecule has 2 aromatic rings. The molecule has 0 saturated carbocycles. The highest BCUT2D eigenvalue weighted by atomic mass is 16.5. The Kier molecular flexibility index (Phi) is 5.79. The standard InChI is InChI=1S/C19H17NO5/c1-20(2)16(21)12-25-19(24)15-10-8-14(9-11-15)18(23)17(22)13-6-4-3-5-7-13/h3-11H,12H2,1-2H3. The molecule has 25 heavy (non-hydrogen) atoms. The van der Waals surface area contributed by atoms with Crippen molar-refractivity contribution in [3.63, 3.8) is 0 Å². The van der Waals surface area contributed by atoms with E-state index in [0.29, 0.717) is 5.56 Å². The number of rotatable bonds is 6. The molecule has 0 bridgehead atoms. The lowest BCUT2D eigenvalue weighted by atomic mass is 10.0. The molecule has 128 valence electrons. The SMILES string of the molecule is CN(C)C(=O)COC(=O)c1ccc(C(=O)C(=O)c2ccccc2)cc1. The Hall–Kier alpha value is -3.28. The molecule has 0 spiro atoms. The zero-order valence-electron chi connectivity index (χ0n) is 13.9. The van der Waals surface area contributed by atoms with Crippen molar-refractivity contribution in [2.24, 2.45) is 0 Å². The Balaban J connectivity index is 2.04. The van der Waals surface area contributed by atoms with Crippen LogP contribution in [0.5, 0.6) is 0 Å². The maximum atomic E-state index is 12.2. The molecule has 2 aromatic carbocycles. The average molecular weight is 339 g/mol. The highest BCUT2D eigenvalue weighted by Gasteiger charge is 2.19. The summed E-state index contributed by atoms with van der Waals surface area (Å²) in [6.45, 7) is -0.362. The molecule has 0 heterocycles. The first kappa shape index (κ1) is 18.1. The van der Waals surface area contributed by atoms with E-state index in [2.05, 4.69) is 0 Å². The number of hydrogen-bond acceptors (Lipinski definition) is 5. The molecule has 0 fully saturated rings. The Morgan fingerprint density at radius 2 is 1.24 bits per heavy atom.